The molecule has 2 aromatic carbocycles. The summed E-state index contributed by atoms with van der Waals surface area (Å²) in [6.45, 7) is 0.594. The highest BCUT2D eigenvalue weighted by Gasteiger charge is 2.14. The third kappa shape index (κ3) is 2.48. The topological polar surface area (TPSA) is 29.5 Å². The van der Waals surface area contributed by atoms with Crippen LogP contribution in [0.1, 0.15) is 22.8 Å². The maximum atomic E-state index is 10.6. The number of hydrogen-bond donors (Lipinski definition) is 1. The van der Waals surface area contributed by atoms with Gasteiger partial charge in [0.05, 0.1) is 6.61 Å². The molecule has 102 valence electrons. The largest absolute Gasteiger partial charge is 0.384 e. The lowest BCUT2D eigenvalue weighted by molar-refractivity contribution is 0.184. The molecule has 0 spiro atoms. The highest BCUT2D eigenvalue weighted by atomic mass is 32.1. The van der Waals surface area contributed by atoms with Crippen LogP contribution in [0.3, 0.4) is 0 Å². The van der Waals surface area contributed by atoms with Gasteiger partial charge in [0.25, 0.3) is 0 Å². The maximum Gasteiger partial charge on any atom is 0.105 e. The van der Waals surface area contributed by atoms with Gasteiger partial charge in [-0.2, -0.15) is 0 Å². The van der Waals surface area contributed by atoms with E-state index in [-0.39, 0.29) is 0 Å². The number of thiophene rings is 1. The summed E-state index contributed by atoms with van der Waals surface area (Å²) in [7, 11) is 1.68. The number of hydrogen-bond acceptors (Lipinski definition) is 3. The molecule has 20 heavy (non-hydrogen) atoms. The quantitative estimate of drug-likeness (QED) is 0.780. The Kier molecular flexibility index (Phi) is 3.83. The van der Waals surface area contributed by atoms with Gasteiger partial charge < -0.3 is 9.84 Å². The summed E-state index contributed by atoms with van der Waals surface area (Å²) in [5.74, 6) is 0. The van der Waals surface area contributed by atoms with Gasteiger partial charge in [0, 0.05) is 17.4 Å². The molecular formula is C17H16O2S. The van der Waals surface area contributed by atoms with Crippen molar-refractivity contribution >= 4 is 21.4 Å². The molecule has 3 heteroatoms. The number of benzene rings is 2. The first-order chi connectivity index (χ1) is 9.79. The van der Waals surface area contributed by atoms with Crippen molar-refractivity contribution in [3.05, 3.63) is 70.6 Å². The third-order valence-electron chi connectivity index (χ3n) is 3.41. The van der Waals surface area contributed by atoms with E-state index in [1.807, 2.05) is 36.4 Å². The van der Waals surface area contributed by atoms with Crippen molar-refractivity contribution in [2.75, 3.05) is 7.11 Å². The molecule has 0 amide bonds. The second kappa shape index (κ2) is 5.75. The summed E-state index contributed by atoms with van der Waals surface area (Å²) in [6, 6.07) is 16.1. The van der Waals surface area contributed by atoms with Crippen molar-refractivity contribution in [3.8, 4) is 0 Å². The molecule has 0 aliphatic heterocycles. The van der Waals surface area contributed by atoms with Crippen LogP contribution in [0.2, 0.25) is 0 Å². The Labute approximate surface area is 122 Å². The van der Waals surface area contributed by atoms with E-state index < -0.39 is 6.10 Å². The maximum absolute atomic E-state index is 10.6. The van der Waals surface area contributed by atoms with Gasteiger partial charge in [0.1, 0.15) is 6.10 Å². The van der Waals surface area contributed by atoms with E-state index in [0.29, 0.717) is 6.61 Å². The average molecular weight is 284 g/mol. The van der Waals surface area contributed by atoms with Gasteiger partial charge in [0.15, 0.2) is 0 Å². The van der Waals surface area contributed by atoms with Crippen LogP contribution in [0.4, 0.5) is 0 Å². The van der Waals surface area contributed by atoms with Gasteiger partial charge in [-0.1, -0.05) is 42.5 Å². The fraction of sp³-hybridized carbons (Fsp3) is 0.176. The molecule has 1 heterocycles. The molecule has 0 aliphatic rings. The minimum Gasteiger partial charge on any atom is -0.384 e. The summed E-state index contributed by atoms with van der Waals surface area (Å²) < 4.78 is 6.25. The predicted molar refractivity (Wildman–Crippen MR) is 83.0 cm³/mol. The van der Waals surface area contributed by atoms with Gasteiger partial charge in [-0.15, -0.1) is 11.3 Å². The summed E-state index contributed by atoms with van der Waals surface area (Å²) in [4.78, 5) is 0. The predicted octanol–water partition coefficient (Wildman–Crippen LogP) is 4.13. The normalized spacial score (nSPS) is 12.7. The molecule has 0 bridgehead atoms. The van der Waals surface area contributed by atoms with Crippen LogP contribution in [0.15, 0.2) is 53.9 Å². The molecule has 2 nitrogen and oxygen atoms in total. The van der Waals surface area contributed by atoms with Crippen LogP contribution < -0.4 is 0 Å². The van der Waals surface area contributed by atoms with Gasteiger partial charge in [-0.05, 0) is 28.0 Å². The zero-order valence-corrected chi connectivity index (χ0v) is 12.1. The van der Waals surface area contributed by atoms with E-state index in [0.717, 1.165) is 21.4 Å². The summed E-state index contributed by atoms with van der Waals surface area (Å²) in [5, 5.41) is 13.8. The molecular weight excluding hydrogens is 268 g/mol. The Bertz CT molecular complexity index is 700. The molecule has 0 radical (unpaired) electrons. The van der Waals surface area contributed by atoms with Crippen molar-refractivity contribution in [2.24, 2.45) is 0 Å². The molecule has 1 atom stereocenters. The Morgan fingerprint density at radius 2 is 1.90 bits per heavy atom. The summed E-state index contributed by atoms with van der Waals surface area (Å²) >= 11 is 1.67. The smallest absolute Gasteiger partial charge is 0.105 e. The van der Waals surface area contributed by atoms with E-state index >= 15 is 0 Å². The molecule has 0 fully saturated rings. The first-order valence-corrected chi connectivity index (χ1v) is 7.39. The Morgan fingerprint density at radius 1 is 1.10 bits per heavy atom. The highest BCUT2D eigenvalue weighted by molar-refractivity contribution is 7.17. The molecule has 0 aliphatic carbocycles. The summed E-state index contributed by atoms with van der Waals surface area (Å²) in [6.07, 6.45) is -0.589. The fourth-order valence-corrected chi connectivity index (χ4v) is 3.31. The fourth-order valence-electron chi connectivity index (χ4n) is 2.37. The van der Waals surface area contributed by atoms with Gasteiger partial charge in [-0.3, -0.25) is 0 Å². The average Bonchev–Trinajstić information content (AvgIpc) is 2.96. The number of methoxy groups -OCH3 is 1. The van der Waals surface area contributed by atoms with Crippen molar-refractivity contribution in [3.63, 3.8) is 0 Å². The second-order valence-corrected chi connectivity index (χ2v) is 5.68. The highest BCUT2D eigenvalue weighted by Crippen LogP contribution is 2.32. The molecule has 3 aromatic rings. The molecule has 1 aromatic heterocycles. The number of rotatable bonds is 4. The lowest BCUT2D eigenvalue weighted by atomic mass is 9.99. The Morgan fingerprint density at radius 3 is 2.65 bits per heavy atom. The van der Waals surface area contributed by atoms with Crippen molar-refractivity contribution in [1.82, 2.24) is 0 Å². The third-order valence-corrected chi connectivity index (χ3v) is 4.39. The second-order valence-electron chi connectivity index (χ2n) is 4.76. The molecule has 0 saturated carbocycles. The van der Waals surface area contributed by atoms with Crippen LogP contribution in [0.5, 0.6) is 0 Å². The van der Waals surface area contributed by atoms with E-state index in [2.05, 4.69) is 17.5 Å². The van der Waals surface area contributed by atoms with Crippen LogP contribution in [0.25, 0.3) is 10.1 Å². The standard InChI is InChI=1S/C17H16O2S/c1-19-11-12-5-7-13(8-6-12)16(18)15-4-2-3-14-9-10-20-17(14)15/h2-10,16,18H,11H2,1H3. The molecule has 3 rings (SSSR count). The van der Waals surface area contributed by atoms with E-state index in [9.17, 15) is 5.11 Å². The minimum atomic E-state index is -0.589. The lowest BCUT2D eigenvalue weighted by Crippen LogP contribution is -2.00. The Hall–Kier alpha value is -1.68. The monoisotopic (exact) mass is 284 g/mol. The molecule has 0 saturated heterocycles. The Balaban J connectivity index is 1.95. The van der Waals surface area contributed by atoms with Crippen molar-refractivity contribution in [1.29, 1.82) is 0 Å². The van der Waals surface area contributed by atoms with Crippen LogP contribution >= 0.6 is 11.3 Å². The first-order valence-electron chi connectivity index (χ1n) is 6.51. The number of aliphatic hydroxyl groups is 1. The SMILES string of the molecule is COCc1ccc(C(O)c2cccc3ccsc23)cc1. The van der Waals surface area contributed by atoms with Gasteiger partial charge >= 0.3 is 0 Å². The van der Waals surface area contributed by atoms with E-state index in [4.69, 9.17) is 4.74 Å². The van der Waals surface area contributed by atoms with Crippen molar-refractivity contribution in [2.45, 2.75) is 12.7 Å². The zero-order chi connectivity index (χ0) is 13.9. The van der Waals surface area contributed by atoms with E-state index in [1.54, 1.807) is 18.4 Å². The van der Waals surface area contributed by atoms with Crippen LogP contribution in [-0.2, 0) is 11.3 Å². The molecule has 1 N–H and O–H groups in total. The van der Waals surface area contributed by atoms with Gasteiger partial charge in [-0.25, -0.2) is 0 Å². The lowest BCUT2D eigenvalue weighted by Gasteiger charge is -2.13. The number of ether oxygens (including phenoxy) is 1. The van der Waals surface area contributed by atoms with Gasteiger partial charge in [0.2, 0.25) is 0 Å². The first kappa shape index (κ1) is 13.3. The molecule has 1 unspecified atom stereocenters. The van der Waals surface area contributed by atoms with Crippen LogP contribution in [0, 0.1) is 0 Å². The van der Waals surface area contributed by atoms with Crippen LogP contribution in [-0.4, -0.2) is 12.2 Å². The van der Waals surface area contributed by atoms with E-state index in [1.165, 1.54) is 5.39 Å². The summed E-state index contributed by atoms with van der Waals surface area (Å²) in [5.41, 5.74) is 2.99. The number of aliphatic hydroxyl groups excluding tert-OH is 1. The zero-order valence-electron chi connectivity index (χ0n) is 11.2. The minimum absolute atomic E-state index is 0.589. The number of fused-ring (bicyclic) bond motifs is 1. The van der Waals surface area contributed by atoms with Crippen molar-refractivity contribution < 1.29 is 9.84 Å².